The molecular formula is C92H66N4O2. The lowest BCUT2D eigenvalue weighted by Crippen LogP contribution is -2.11. The fraction of sp³-hybridized carbons (Fsp3) is 0.0435. The highest BCUT2D eigenvalue weighted by Gasteiger charge is 2.25. The molecule has 2 heterocycles. The summed E-state index contributed by atoms with van der Waals surface area (Å²) >= 11 is 0. The Morgan fingerprint density at radius 3 is 1.01 bits per heavy atom. The second kappa shape index (κ2) is 23.7. The lowest BCUT2D eigenvalue weighted by Gasteiger charge is -2.28. The third kappa shape index (κ3) is 9.87. The largest absolute Gasteiger partial charge is 0.456 e. The molecule has 0 spiro atoms. The van der Waals surface area contributed by atoms with Crippen LogP contribution in [0.3, 0.4) is 0 Å². The van der Waals surface area contributed by atoms with Crippen LogP contribution in [0, 0.1) is 27.7 Å². The van der Waals surface area contributed by atoms with E-state index in [2.05, 4.69) is 375 Å². The van der Waals surface area contributed by atoms with Crippen molar-refractivity contribution in [3.8, 4) is 11.1 Å². The Kier molecular flexibility index (Phi) is 14.0. The van der Waals surface area contributed by atoms with Crippen LogP contribution in [0.5, 0.6) is 0 Å². The summed E-state index contributed by atoms with van der Waals surface area (Å²) in [4.78, 5) is 9.46. The summed E-state index contributed by atoms with van der Waals surface area (Å²) in [6.45, 7) is 8.79. The van der Waals surface area contributed by atoms with Crippen molar-refractivity contribution in [2.45, 2.75) is 27.7 Å². The third-order valence-corrected chi connectivity index (χ3v) is 19.7. The molecule has 466 valence electrons. The summed E-state index contributed by atoms with van der Waals surface area (Å²) in [5.41, 5.74) is 23.3. The number of hydrogen-bond acceptors (Lipinski definition) is 6. The van der Waals surface area contributed by atoms with Crippen molar-refractivity contribution >= 4 is 155 Å². The Labute approximate surface area is 568 Å². The van der Waals surface area contributed by atoms with Crippen LogP contribution in [0.2, 0.25) is 0 Å². The minimum atomic E-state index is 0.842. The zero-order chi connectivity index (χ0) is 65.5. The van der Waals surface area contributed by atoms with Crippen molar-refractivity contribution in [1.29, 1.82) is 0 Å². The summed E-state index contributed by atoms with van der Waals surface area (Å²) in [6, 6.07) is 119. The Balaban J connectivity index is 0.785. The number of para-hydroxylation sites is 6. The van der Waals surface area contributed by atoms with E-state index in [0.717, 1.165) is 172 Å². The molecule has 0 saturated heterocycles. The van der Waals surface area contributed by atoms with E-state index in [4.69, 9.17) is 8.83 Å². The van der Waals surface area contributed by atoms with Gasteiger partial charge in [-0.2, -0.15) is 0 Å². The molecule has 0 amide bonds. The second-order valence-electron chi connectivity index (χ2n) is 25.9. The zero-order valence-electron chi connectivity index (χ0n) is 54.8. The number of fused-ring (bicyclic) bond motifs is 14. The van der Waals surface area contributed by atoms with Gasteiger partial charge in [0.1, 0.15) is 22.3 Å². The van der Waals surface area contributed by atoms with Gasteiger partial charge in [-0.25, -0.2) is 0 Å². The van der Waals surface area contributed by atoms with Gasteiger partial charge in [-0.15, -0.1) is 0 Å². The summed E-state index contributed by atoms with van der Waals surface area (Å²) in [7, 11) is 0. The van der Waals surface area contributed by atoms with Crippen LogP contribution in [-0.4, -0.2) is 0 Å². The molecule has 0 aliphatic rings. The molecule has 16 aromatic carbocycles. The number of furan rings is 2. The predicted molar refractivity (Wildman–Crippen MR) is 414 cm³/mol. The van der Waals surface area contributed by atoms with Crippen molar-refractivity contribution in [3.05, 3.63) is 350 Å². The van der Waals surface area contributed by atoms with E-state index in [9.17, 15) is 0 Å². The van der Waals surface area contributed by atoms with E-state index in [1.54, 1.807) is 0 Å². The van der Waals surface area contributed by atoms with Crippen LogP contribution in [-0.2, 0) is 0 Å². The molecule has 18 rings (SSSR count). The van der Waals surface area contributed by atoms with Gasteiger partial charge in [0.05, 0.1) is 0 Å². The molecule has 2 aromatic heterocycles. The number of nitrogens with zero attached hydrogens (tertiary/aromatic N) is 4. The predicted octanol–water partition coefficient (Wildman–Crippen LogP) is 26.9. The minimum absolute atomic E-state index is 0.842. The molecule has 0 aliphatic heterocycles. The number of hydrogen-bond donors (Lipinski definition) is 0. The van der Waals surface area contributed by atoms with Gasteiger partial charge in [0.2, 0.25) is 0 Å². The Morgan fingerprint density at radius 1 is 0.214 bits per heavy atom. The zero-order valence-corrected chi connectivity index (χ0v) is 54.8. The molecule has 6 nitrogen and oxygen atoms in total. The first-order valence-corrected chi connectivity index (χ1v) is 33.6. The first-order chi connectivity index (χ1) is 48.2. The monoisotopic (exact) mass is 1260 g/mol. The second-order valence-corrected chi connectivity index (χ2v) is 25.9. The molecular weight excluding hydrogens is 1190 g/mol. The molecule has 0 fully saturated rings. The van der Waals surface area contributed by atoms with Gasteiger partial charge in [0, 0.05) is 95.4 Å². The highest BCUT2D eigenvalue weighted by atomic mass is 16.3. The molecule has 6 heteroatoms. The number of rotatable bonds is 13. The van der Waals surface area contributed by atoms with Crippen molar-refractivity contribution in [3.63, 3.8) is 0 Å². The Hall–Kier alpha value is -12.6. The quantitative estimate of drug-likeness (QED) is 0.115. The molecule has 0 N–H and O–H groups in total. The normalized spacial score (nSPS) is 11.7. The van der Waals surface area contributed by atoms with Crippen LogP contribution in [0.1, 0.15) is 22.3 Å². The van der Waals surface area contributed by atoms with Gasteiger partial charge in [-0.05, 0) is 256 Å². The smallest absolute Gasteiger partial charge is 0.143 e. The van der Waals surface area contributed by atoms with Crippen LogP contribution >= 0.6 is 0 Å². The SMILES string of the molecule is Cc1cccc(N(c2ccc3c(ccc4oc5ccc6cc(N(c7ccc(-c8cc9cc(N(c%10ccccc%10)c%10ccccc%10)ccc9c9c8oc8ccc%10cc(N(c%11ccccc%11)c%11ccccc%11)ccc%10c89)c(C)c7)c7ccccc7C)ccc6c5c43)c2)c2ccccc2C)c1. The standard InChI is InChI=1S/C92H66N4O2/c1-59-22-21-33-71(52-59)95(83-34-19-17-23-60(83)2)75-42-46-78-64(55-75)36-49-85-88(78)89-79-47-43-76(56-65(79)37-50-86(89)97-85)96(84-35-20-18-24-61(84)3)72-39-44-77(62(4)53-72)82-58-66-57-74(94(69-29-13-7-14-30-69)70-31-15-8-16-32-70)41-48-81(66)91-90-80-45-40-73(54-63(80)38-51-87(90)98-92(82)91)93(67-25-9-5-10-26-67)68-27-11-6-12-28-68/h5-58H,1-4H3. The van der Waals surface area contributed by atoms with Gasteiger partial charge in [-0.1, -0.05) is 170 Å². The van der Waals surface area contributed by atoms with Crippen molar-refractivity contribution < 1.29 is 8.83 Å². The lowest BCUT2D eigenvalue weighted by atomic mass is 9.92. The molecule has 18 aromatic rings. The Bertz CT molecular complexity index is 6060. The maximum Gasteiger partial charge on any atom is 0.143 e. The summed E-state index contributed by atoms with van der Waals surface area (Å²) in [5.74, 6) is 0. The van der Waals surface area contributed by atoms with Crippen LogP contribution in [0.25, 0.3) is 98.1 Å². The number of aryl methyl sites for hydroxylation is 4. The van der Waals surface area contributed by atoms with Crippen LogP contribution < -0.4 is 19.6 Å². The molecule has 0 bridgehead atoms. The molecule has 0 radical (unpaired) electrons. The van der Waals surface area contributed by atoms with E-state index >= 15 is 0 Å². The minimum Gasteiger partial charge on any atom is -0.456 e. The van der Waals surface area contributed by atoms with Crippen molar-refractivity contribution in [1.82, 2.24) is 0 Å². The van der Waals surface area contributed by atoms with Crippen LogP contribution in [0.4, 0.5) is 68.2 Å². The van der Waals surface area contributed by atoms with Gasteiger partial charge < -0.3 is 28.4 Å². The highest BCUT2D eigenvalue weighted by molar-refractivity contribution is 6.30. The fourth-order valence-corrected chi connectivity index (χ4v) is 15.2. The number of anilines is 12. The van der Waals surface area contributed by atoms with Gasteiger partial charge >= 0.3 is 0 Å². The van der Waals surface area contributed by atoms with Crippen LogP contribution in [0.15, 0.2) is 336 Å². The average Bonchev–Trinajstić information content (AvgIpc) is 1.52. The summed E-state index contributed by atoms with van der Waals surface area (Å²) in [6.07, 6.45) is 0. The van der Waals surface area contributed by atoms with Crippen molar-refractivity contribution in [2.24, 2.45) is 0 Å². The average molecular weight is 1260 g/mol. The van der Waals surface area contributed by atoms with Gasteiger partial charge in [0.25, 0.3) is 0 Å². The molecule has 0 saturated carbocycles. The molecule has 0 atom stereocenters. The topological polar surface area (TPSA) is 39.2 Å². The highest BCUT2D eigenvalue weighted by Crippen LogP contribution is 2.50. The van der Waals surface area contributed by atoms with E-state index in [-0.39, 0.29) is 0 Å². The summed E-state index contributed by atoms with van der Waals surface area (Å²) < 4.78 is 14.1. The maximum atomic E-state index is 7.31. The van der Waals surface area contributed by atoms with Gasteiger partial charge in [-0.3, -0.25) is 0 Å². The Morgan fingerprint density at radius 2 is 0.571 bits per heavy atom. The van der Waals surface area contributed by atoms with E-state index in [1.807, 2.05) is 0 Å². The van der Waals surface area contributed by atoms with Gasteiger partial charge in [0.15, 0.2) is 0 Å². The van der Waals surface area contributed by atoms with Crippen molar-refractivity contribution in [2.75, 3.05) is 19.6 Å². The fourth-order valence-electron chi connectivity index (χ4n) is 15.2. The first kappa shape index (κ1) is 58.0. The third-order valence-electron chi connectivity index (χ3n) is 19.7. The molecule has 0 unspecified atom stereocenters. The molecule has 0 aliphatic carbocycles. The first-order valence-electron chi connectivity index (χ1n) is 33.6. The lowest BCUT2D eigenvalue weighted by molar-refractivity contribution is 0.669. The number of benzene rings is 16. The molecule has 98 heavy (non-hydrogen) atoms. The van der Waals surface area contributed by atoms with E-state index in [1.165, 1.54) is 16.7 Å². The summed E-state index contributed by atoms with van der Waals surface area (Å²) in [5, 5.41) is 13.5. The maximum absolute atomic E-state index is 7.31. The van der Waals surface area contributed by atoms with E-state index < -0.39 is 0 Å². The van der Waals surface area contributed by atoms with E-state index in [0.29, 0.717) is 0 Å².